The third kappa shape index (κ3) is 3.01. The van der Waals surface area contributed by atoms with Gasteiger partial charge in [0.2, 0.25) is 12.1 Å². The number of carboxylic acids is 1. The van der Waals surface area contributed by atoms with Gasteiger partial charge in [-0.2, -0.15) is 0 Å². The number of carbonyl (C=O) groups is 4. The number of nitrogens with zero attached hydrogens (tertiary/aromatic N) is 2. The number of hydrogen-bond acceptors (Lipinski definition) is 6. The van der Waals surface area contributed by atoms with Crippen LogP contribution in [-0.2, 0) is 19.1 Å². The molecule has 2 heterocycles. The van der Waals surface area contributed by atoms with E-state index in [0.717, 1.165) is 16.9 Å². The van der Waals surface area contributed by atoms with Crippen LogP contribution in [0.5, 0.6) is 5.75 Å². The fraction of sp³-hybridized carbons (Fsp3) is 0.375. The van der Waals surface area contributed by atoms with Crippen molar-refractivity contribution in [1.29, 1.82) is 0 Å². The zero-order valence-corrected chi connectivity index (χ0v) is 13.8. The zero-order chi connectivity index (χ0) is 18.8. The first-order valence-corrected chi connectivity index (χ1v) is 7.81. The highest BCUT2D eigenvalue weighted by Crippen LogP contribution is 2.33. The first-order chi connectivity index (χ1) is 12.4. The number of ether oxygens (including phenoxy) is 2. The Hall–Kier alpha value is -3.30. The molecule has 10 heteroatoms. The molecule has 0 spiro atoms. The normalized spacial score (nSPS) is 23.7. The van der Waals surface area contributed by atoms with Gasteiger partial charge in [0.05, 0.1) is 13.2 Å². The summed E-state index contributed by atoms with van der Waals surface area (Å²) in [4.78, 5) is 49.4. The van der Waals surface area contributed by atoms with Crippen molar-refractivity contribution in [3.8, 4) is 5.75 Å². The molecule has 0 saturated carbocycles. The summed E-state index contributed by atoms with van der Waals surface area (Å²) >= 11 is 0. The number of aliphatic carboxylic acids is 1. The van der Waals surface area contributed by atoms with Crippen molar-refractivity contribution in [3.63, 3.8) is 0 Å². The predicted octanol–water partition coefficient (Wildman–Crippen LogP) is -0.746. The summed E-state index contributed by atoms with van der Waals surface area (Å²) in [6, 6.07) is 7.17. The van der Waals surface area contributed by atoms with Crippen molar-refractivity contribution in [3.05, 3.63) is 30.3 Å². The molecule has 1 aromatic carbocycles. The van der Waals surface area contributed by atoms with Crippen molar-refractivity contribution in [2.45, 2.75) is 18.2 Å². The minimum absolute atomic E-state index is 0.0418. The van der Waals surface area contributed by atoms with Crippen LogP contribution in [0.15, 0.2) is 30.3 Å². The van der Waals surface area contributed by atoms with E-state index in [1.807, 2.05) is 0 Å². The monoisotopic (exact) mass is 363 g/mol. The molecule has 3 atom stereocenters. The molecule has 0 radical (unpaired) electrons. The molecule has 2 fully saturated rings. The van der Waals surface area contributed by atoms with Crippen LogP contribution in [0, 0.1) is 0 Å². The van der Waals surface area contributed by atoms with Gasteiger partial charge in [-0.15, -0.1) is 0 Å². The molecule has 0 aliphatic carbocycles. The number of rotatable bonds is 5. The number of nitrogens with one attached hydrogen (secondary N) is 1. The second kappa shape index (κ2) is 6.90. The number of methoxy groups -OCH3 is 1. The van der Waals surface area contributed by atoms with Crippen LogP contribution in [0.2, 0.25) is 0 Å². The van der Waals surface area contributed by atoms with Crippen molar-refractivity contribution >= 4 is 23.9 Å². The van der Waals surface area contributed by atoms with Crippen molar-refractivity contribution in [2.24, 2.45) is 0 Å². The molecule has 0 aromatic heterocycles. The lowest BCUT2D eigenvalue weighted by atomic mass is 9.96. The predicted molar refractivity (Wildman–Crippen MR) is 85.0 cm³/mol. The molecule has 2 aliphatic rings. The van der Waals surface area contributed by atoms with E-state index in [1.165, 1.54) is 0 Å². The molecular formula is C16H17N3O7. The molecule has 2 unspecified atom stereocenters. The van der Waals surface area contributed by atoms with E-state index in [9.17, 15) is 24.3 Å². The lowest BCUT2D eigenvalue weighted by Crippen LogP contribution is -2.71. The number of hydrogen-bond donors (Lipinski definition) is 2. The summed E-state index contributed by atoms with van der Waals surface area (Å²) < 4.78 is 9.86. The molecule has 3 rings (SSSR count). The van der Waals surface area contributed by atoms with Crippen molar-refractivity contribution in [2.75, 3.05) is 20.3 Å². The maximum absolute atomic E-state index is 12.3. The Morgan fingerprint density at radius 2 is 1.96 bits per heavy atom. The van der Waals surface area contributed by atoms with E-state index in [0.29, 0.717) is 5.75 Å². The van der Waals surface area contributed by atoms with Gasteiger partial charge in [-0.25, -0.2) is 9.59 Å². The lowest BCUT2D eigenvalue weighted by molar-refractivity contribution is -0.163. The molecule has 138 valence electrons. The Morgan fingerprint density at radius 3 is 2.58 bits per heavy atom. The fourth-order valence-electron chi connectivity index (χ4n) is 3.10. The molecule has 1 aromatic rings. The number of carbonyl (C=O) groups excluding carboxylic acids is 3. The summed E-state index contributed by atoms with van der Waals surface area (Å²) in [7, 11) is 1.12. The molecule has 26 heavy (non-hydrogen) atoms. The summed E-state index contributed by atoms with van der Waals surface area (Å²) in [5, 5.41) is 11.8. The summed E-state index contributed by atoms with van der Waals surface area (Å²) in [6.07, 6.45) is -2.29. The number of β-lactam (4-membered cyclic amide) rings is 1. The van der Waals surface area contributed by atoms with E-state index in [4.69, 9.17) is 4.74 Å². The summed E-state index contributed by atoms with van der Waals surface area (Å²) in [5.74, 6) is -1.92. The maximum Gasteiger partial charge on any atom is 0.411 e. The second-order valence-corrected chi connectivity index (χ2v) is 5.79. The molecule has 2 N–H and O–H groups in total. The smallest absolute Gasteiger partial charge is 0.411 e. The van der Waals surface area contributed by atoms with Gasteiger partial charge in [0.1, 0.15) is 11.8 Å². The average molecular weight is 363 g/mol. The molecule has 0 bridgehead atoms. The van der Waals surface area contributed by atoms with Crippen LogP contribution in [0.25, 0.3) is 0 Å². The number of carboxylic acid groups (broad SMARTS) is 1. The van der Waals surface area contributed by atoms with Crippen LogP contribution in [0.4, 0.5) is 4.79 Å². The average Bonchev–Trinajstić information content (AvgIpc) is 3.01. The van der Waals surface area contributed by atoms with Gasteiger partial charge >= 0.3 is 12.1 Å². The van der Waals surface area contributed by atoms with Crippen LogP contribution >= 0.6 is 0 Å². The highest BCUT2D eigenvalue weighted by Gasteiger charge is 2.61. The summed E-state index contributed by atoms with van der Waals surface area (Å²) in [6.45, 7) is -0.330. The Bertz CT molecular complexity index is 739. The highest BCUT2D eigenvalue weighted by molar-refractivity contribution is 5.98. The van der Waals surface area contributed by atoms with E-state index in [1.54, 1.807) is 30.3 Å². The first kappa shape index (κ1) is 17.5. The van der Waals surface area contributed by atoms with Crippen LogP contribution < -0.4 is 10.1 Å². The van der Waals surface area contributed by atoms with E-state index in [2.05, 4.69) is 10.1 Å². The maximum atomic E-state index is 12.3. The van der Waals surface area contributed by atoms with E-state index in [-0.39, 0.29) is 13.2 Å². The highest BCUT2D eigenvalue weighted by atomic mass is 16.5. The third-order valence-electron chi connectivity index (χ3n) is 4.26. The Kier molecular flexibility index (Phi) is 4.65. The first-order valence-electron chi connectivity index (χ1n) is 7.81. The van der Waals surface area contributed by atoms with Gasteiger partial charge < -0.3 is 24.8 Å². The number of benzene rings is 1. The Morgan fingerprint density at radius 1 is 1.27 bits per heavy atom. The van der Waals surface area contributed by atoms with Gasteiger partial charge in [0, 0.05) is 6.54 Å². The fourth-order valence-corrected chi connectivity index (χ4v) is 3.10. The standard InChI is InChI=1S/C16H17N3O7/c1-25-16(24)18-7-10-12(14(21)19(10)13(18)15(22)23)17-11(20)8-26-9-5-3-2-4-6-9/h2-6,10,12-13H,7-8H2,1H3,(H,17,20)(H,22,23)/t10?,12-,13?/m0/s1. The van der Waals surface area contributed by atoms with Crippen molar-refractivity contribution < 1.29 is 33.8 Å². The molecule has 10 nitrogen and oxygen atoms in total. The number of para-hydroxylation sites is 1. The molecular weight excluding hydrogens is 346 g/mol. The minimum Gasteiger partial charge on any atom is -0.484 e. The minimum atomic E-state index is -1.44. The van der Waals surface area contributed by atoms with E-state index < -0.39 is 42.1 Å². The van der Waals surface area contributed by atoms with Gasteiger partial charge in [-0.1, -0.05) is 18.2 Å². The van der Waals surface area contributed by atoms with Crippen molar-refractivity contribution in [1.82, 2.24) is 15.1 Å². The quantitative estimate of drug-likeness (QED) is 0.660. The van der Waals surface area contributed by atoms with Crippen LogP contribution in [0.3, 0.4) is 0 Å². The molecule has 2 saturated heterocycles. The Labute approximate surface area is 148 Å². The van der Waals surface area contributed by atoms with E-state index >= 15 is 0 Å². The second-order valence-electron chi connectivity index (χ2n) is 5.79. The van der Waals surface area contributed by atoms with Gasteiger partial charge in [0.25, 0.3) is 5.91 Å². The van der Waals surface area contributed by atoms with Crippen LogP contribution in [-0.4, -0.2) is 77.3 Å². The Balaban J connectivity index is 1.61. The van der Waals surface area contributed by atoms with Gasteiger partial charge in [0.15, 0.2) is 6.61 Å². The molecule has 3 amide bonds. The molecule has 2 aliphatic heterocycles. The van der Waals surface area contributed by atoms with Gasteiger partial charge in [-0.05, 0) is 12.1 Å². The summed E-state index contributed by atoms with van der Waals surface area (Å²) in [5.41, 5.74) is 0. The topological polar surface area (TPSA) is 125 Å². The van der Waals surface area contributed by atoms with Crippen LogP contribution in [0.1, 0.15) is 0 Å². The SMILES string of the molecule is COC(=O)N1CC2[C@H](NC(=O)COc3ccccc3)C(=O)N2C1C(=O)O. The number of amides is 3. The van der Waals surface area contributed by atoms with Gasteiger partial charge in [-0.3, -0.25) is 14.5 Å². The largest absolute Gasteiger partial charge is 0.484 e. The number of fused-ring (bicyclic) bond motifs is 1. The lowest BCUT2D eigenvalue weighted by Gasteiger charge is -2.43. The zero-order valence-electron chi connectivity index (χ0n) is 13.8. The third-order valence-corrected chi connectivity index (χ3v) is 4.26.